The summed E-state index contributed by atoms with van der Waals surface area (Å²) in [6.45, 7) is 1.77. The highest BCUT2D eigenvalue weighted by molar-refractivity contribution is 9.10. The Hall–Kier alpha value is -1.62. The normalized spacial score (nSPS) is 17.2. The molecule has 0 saturated heterocycles. The second-order valence-electron chi connectivity index (χ2n) is 5.99. The number of sulfonamides is 2. The average Bonchev–Trinajstić information content (AvgIpc) is 2.89. The lowest BCUT2D eigenvalue weighted by atomic mass is 10.1. The van der Waals surface area contributed by atoms with Crippen molar-refractivity contribution in [2.75, 3.05) is 11.4 Å². The number of ether oxygens (including phenoxy) is 1. The minimum absolute atomic E-state index is 0.0325. The first kappa shape index (κ1) is 19.2. The number of hydrogen-bond donors (Lipinski definition) is 1. The largest absolute Gasteiger partial charge is 0.496 e. The molecular weight excluding hydrogens is 444 g/mol. The zero-order valence-electron chi connectivity index (χ0n) is 14.0. The number of anilines is 1. The van der Waals surface area contributed by atoms with Crippen LogP contribution in [0.3, 0.4) is 0 Å². The lowest BCUT2D eigenvalue weighted by Crippen LogP contribution is -2.35. The van der Waals surface area contributed by atoms with E-state index in [0.717, 1.165) is 0 Å². The van der Waals surface area contributed by atoms with Gasteiger partial charge in [-0.05, 0) is 71.2 Å². The quantitative estimate of drug-likeness (QED) is 0.752. The molecule has 0 radical (unpaired) electrons. The van der Waals surface area contributed by atoms with E-state index in [-0.39, 0.29) is 15.8 Å². The van der Waals surface area contributed by atoms with Gasteiger partial charge in [0.15, 0.2) is 0 Å². The first-order valence-electron chi connectivity index (χ1n) is 7.59. The van der Waals surface area contributed by atoms with Crippen LogP contribution in [-0.4, -0.2) is 30.0 Å². The van der Waals surface area contributed by atoms with Crippen LogP contribution in [0.1, 0.15) is 12.5 Å². The Bertz CT molecular complexity index is 1080. The van der Waals surface area contributed by atoms with E-state index in [2.05, 4.69) is 15.9 Å². The number of rotatable bonds is 4. The van der Waals surface area contributed by atoms with Crippen LogP contribution in [0, 0.1) is 0 Å². The number of halogens is 1. The van der Waals surface area contributed by atoms with Crippen LogP contribution in [0.4, 0.5) is 5.69 Å². The molecule has 1 aliphatic heterocycles. The maximum atomic E-state index is 13.2. The van der Waals surface area contributed by atoms with Gasteiger partial charge in [-0.15, -0.1) is 0 Å². The van der Waals surface area contributed by atoms with Crippen LogP contribution in [0.5, 0.6) is 5.75 Å². The number of nitrogens with two attached hydrogens (primary N) is 1. The van der Waals surface area contributed by atoms with Gasteiger partial charge in [-0.2, -0.15) is 0 Å². The molecule has 0 aromatic heterocycles. The van der Waals surface area contributed by atoms with E-state index in [1.54, 1.807) is 13.0 Å². The first-order chi connectivity index (χ1) is 12.1. The summed E-state index contributed by atoms with van der Waals surface area (Å²) in [6.07, 6.45) is 0.398. The summed E-state index contributed by atoms with van der Waals surface area (Å²) in [4.78, 5) is 0.0790. The fraction of sp³-hybridized carbons (Fsp3) is 0.250. The molecule has 10 heteroatoms. The molecule has 2 N–H and O–H groups in total. The molecule has 0 saturated carbocycles. The van der Waals surface area contributed by atoms with Gasteiger partial charge in [0.1, 0.15) is 5.75 Å². The van der Waals surface area contributed by atoms with Crippen LogP contribution in [0.2, 0.25) is 0 Å². The van der Waals surface area contributed by atoms with Crippen molar-refractivity contribution in [3.05, 3.63) is 46.4 Å². The van der Waals surface area contributed by atoms with Crippen LogP contribution in [0.25, 0.3) is 0 Å². The molecule has 0 spiro atoms. The number of fused-ring (bicyclic) bond motifs is 1. The molecule has 7 nitrogen and oxygen atoms in total. The van der Waals surface area contributed by atoms with E-state index in [4.69, 9.17) is 9.88 Å². The van der Waals surface area contributed by atoms with E-state index in [9.17, 15) is 16.8 Å². The third-order valence-corrected chi connectivity index (χ3v) is 7.67. The van der Waals surface area contributed by atoms with Gasteiger partial charge in [-0.25, -0.2) is 22.0 Å². The Balaban J connectivity index is 2.09. The highest BCUT2D eigenvalue weighted by Gasteiger charge is 2.36. The number of primary sulfonamides is 1. The minimum Gasteiger partial charge on any atom is -0.496 e. The van der Waals surface area contributed by atoms with Gasteiger partial charge in [0.25, 0.3) is 10.0 Å². The fourth-order valence-electron chi connectivity index (χ4n) is 3.04. The molecule has 0 amide bonds. The summed E-state index contributed by atoms with van der Waals surface area (Å²) in [7, 11) is -6.18. The minimum atomic E-state index is -3.85. The maximum Gasteiger partial charge on any atom is 0.264 e. The maximum absolute atomic E-state index is 13.2. The molecule has 0 aliphatic carbocycles. The Morgan fingerprint density at radius 2 is 1.77 bits per heavy atom. The third kappa shape index (κ3) is 3.22. The molecule has 1 heterocycles. The third-order valence-electron chi connectivity index (χ3n) is 4.21. The summed E-state index contributed by atoms with van der Waals surface area (Å²) in [5.41, 5.74) is 1.08. The van der Waals surface area contributed by atoms with Gasteiger partial charge < -0.3 is 4.74 Å². The summed E-state index contributed by atoms with van der Waals surface area (Å²) >= 11 is 3.30. The van der Waals surface area contributed by atoms with Gasteiger partial charge >= 0.3 is 0 Å². The molecule has 2 aromatic rings. The van der Waals surface area contributed by atoms with E-state index < -0.39 is 20.0 Å². The van der Waals surface area contributed by atoms with Crippen molar-refractivity contribution >= 4 is 41.7 Å². The molecule has 0 unspecified atom stereocenters. The van der Waals surface area contributed by atoms with Gasteiger partial charge in [0.05, 0.1) is 27.1 Å². The summed E-state index contributed by atoms with van der Waals surface area (Å²) in [6, 6.07) is 8.41. The smallest absolute Gasteiger partial charge is 0.264 e. The lowest BCUT2D eigenvalue weighted by molar-refractivity contribution is 0.411. The van der Waals surface area contributed by atoms with E-state index in [1.807, 2.05) is 0 Å². The molecule has 0 bridgehead atoms. The molecule has 3 rings (SSSR count). The molecular formula is C16H17BrN2O5S2. The number of hydrogen-bond acceptors (Lipinski definition) is 5. The molecule has 140 valence electrons. The fourth-order valence-corrected chi connectivity index (χ4v) is 6.02. The first-order valence-corrected chi connectivity index (χ1v) is 11.4. The van der Waals surface area contributed by atoms with E-state index in [0.29, 0.717) is 27.9 Å². The summed E-state index contributed by atoms with van der Waals surface area (Å²) < 4.78 is 56.4. The van der Waals surface area contributed by atoms with Gasteiger partial charge in [0.2, 0.25) is 10.0 Å². The highest BCUT2D eigenvalue weighted by Crippen LogP contribution is 2.39. The van der Waals surface area contributed by atoms with Crippen molar-refractivity contribution in [3.63, 3.8) is 0 Å². The van der Waals surface area contributed by atoms with Crippen molar-refractivity contribution < 1.29 is 21.6 Å². The molecule has 26 heavy (non-hydrogen) atoms. The van der Waals surface area contributed by atoms with Crippen LogP contribution < -0.4 is 14.2 Å². The molecule has 1 atom stereocenters. The Morgan fingerprint density at radius 3 is 2.35 bits per heavy atom. The second kappa shape index (κ2) is 6.52. The Morgan fingerprint density at radius 1 is 1.12 bits per heavy atom. The van der Waals surface area contributed by atoms with Crippen LogP contribution in [-0.2, 0) is 26.5 Å². The van der Waals surface area contributed by atoms with Crippen molar-refractivity contribution in [3.8, 4) is 5.75 Å². The number of benzene rings is 2. The van der Waals surface area contributed by atoms with Crippen molar-refractivity contribution in [2.24, 2.45) is 5.14 Å². The summed E-state index contributed by atoms with van der Waals surface area (Å²) in [5.74, 6) is 0.525. The number of methoxy groups -OCH3 is 1. The lowest BCUT2D eigenvalue weighted by Gasteiger charge is -2.24. The standard InChI is InChI=1S/C16H17BrN2O5S2/c1-10-7-11-8-12(25(18,20)21)3-5-15(11)19(10)26(22,23)13-4-6-16(24-2)14(17)9-13/h3-6,8-10H,7H2,1-2H3,(H2,18,20,21)/t10-/m1/s1. The summed E-state index contributed by atoms with van der Waals surface area (Å²) in [5, 5.41) is 5.16. The zero-order chi connectivity index (χ0) is 19.3. The Labute approximate surface area is 161 Å². The van der Waals surface area contributed by atoms with Crippen molar-refractivity contribution in [2.45, 2.75) is 29.2 Å². The average molecular weight is 461 g/mol. The van der Waals surface area contributed by atoms with E-state index >= 15 is 0 Å². The highest BCUT2D eigenvalue weighted by atomic mass is 79.9. The molecule has 0 fully saturated rings. The van der Waals surface area contributed by atoms with Gasteiger partial charge in [0, 0.05) is 6.04 Å². The molecule has 2 aromatic carbocycles. The van der Waals surface area contributed by atoms with E-state index in [1.165, 1.54) is 41.7 Å². The van der Waals surface area contributed by atoms with Crippen LogP contribution in [0.15, 0.2) is 50.7 Å². The monoisotopic (exact) mass is 460 g/mol. The predicted octanol–water partition coefficient (Wildman–Crippen LogP) is 2.25. The van der Waals surface area contributed by atoms with Gasteiger partial charge in [-0.1, -0.05) is 0 Å². The van der Waals surface area contributed by atoms with Gasteiger partial charge in [-0.3, -0.25) is 4.31 Å². The topological polar surface area (TPSA) is 107 Å². The second-order valence-corrected chi connectivity index (χ2v) is 10.2. The SMILES string of the molecule is COc1ccc(S(=O)(=O)N2c3ccc(S(N)(=O)=O)cc3C[C@H]2C)cc1Br. The predicted molar refractivity (Wildman–Crippen MR) is 101 cm³/mol. The Kier molecular flexibility index (Phi) is 4.80. The van der Waals surface area contributed by atoms with Crippen LogP contribution >= 0.6 is 15.9 Å². The van der Waals surface area contributed by atoms with Crippen molar-refractivity contribution in [1.29, 1.82) is 0 Å². The zero-order valence-corrected chi connectivity index (χ0v) is 17.2. The number of nitrogens with zero attached hydrogens (tertiary/aromatic N) is 1. The molecule has 1 aliphatic rings. The van der Waals surface area contributed by atoms with Crippen molar-refractivity contribution in [1.82, 2.24) is 0 Å².